The lowest BCUT2D eigenvalue weighted by molar-refractivity contribution is 0.268. The highest BCUT2D eigenvalue weighted by Gasteiger charge is 2.35. The molecule has 0 fully saturated rings. The van der Waals surface area contributed by atoms with Crippen molar-refractivity contribution in [2.45, 2.75) is 12.8 Å². The molecule has 100 valence electrons. The number of anilines is 1. The zero-order valence-electron chi connectivity index (χ0n) is 11.1. The number of phenolic OH excluding ortho intramolecular Hbond substituents is 1. The van der Waals surface area contributed by atoms with Gasteiger partial charge in [0.25, 0.3) is 0 Å². The van der Waals surface area contributed by atoms with Crippen molar-refractivity contribution < 1.29 is 19.7 Å². The molecule has 1 unspecified atom stereocenters. The summed E-state index contributed by atoms with van der Waals surface area (Å²) in [6.45, 7) is 2.49. The Hall–Kier alpha value is -1.62. The van der Waals surface area contributed by atoms with E-state index < -0.39 is 0 Å². The van der Waals surface area contributed by atoms with Crippen molar-refractivity contribution in [2.75, 3.05) is 39.3 Å². The predicted molar refractivity (Wildman–Crippen MR) is 69.0 cm³/mol. The Kier molecular flexibility index (Phi) is 3.26. The second kappa shape index (κ2) is 4.57. The number of methoxy groups -OCH3 is 2. The molecular formula is C13H19NO4. The van der Waals surface area contributed by atoms with Gasteiger partial charge in [0, 0.05) is 30.6 Å². The van der Waals surface area contributed by atoms with Crippen LogP contribution < -0.4 is 14.4 Å². The van der Waals surface area contributed by atoms with Gasteiger partial charge < -0.3 is 24.6 Å². The summed E-state index contributed by atoms with van der Waals surface area (Å²) in [7, 11) is 5.03. The molecule has 5 heteroatoms. The van der Waals surface area contributed by atoms with Crippen LogP contribution in [0.4, 0.5) is 5.69 Å². The predicted octanol–water partition coefficient (Wildman–Crippen LogP) is 1.24. The Labute approximate surface area is 107 Å². The van der Waals surface area contributed by atoms with Crippen LogP contribution in [0.2, 0.25) is 0 Å². The number of hydrogen-bond donors (Lipinski definition) is 2. The van der Waals surface area contributed by atoms with Gasteiger partial charge in [0.2, 0.25) is 0 Å². The van der Waals surface area contributed by atoms with Crippen molar-refractivity contribution in [1.29, 1.82) is 0 Å². The summed E-state index contributed by atoms with van der Waals surface area (Å²) >= 11 is 0. The molecule has 0 spiro atoms. The van der Waals surface area contributed by atoms with Crippen LogP contribution >= 0.6 is 0 Å². The van der Waals surface area contributed by atoms with Gasteiger partial charge in [-0.05, 0) is 6.92 Å². The number of aromatic hydroxyl groups is 1. The highest BCUT2D eigenvalue weighted by molar-refractivity contribution is 5.78. The van der Waals surface area contributed by atoms with E-state index in [0.717, 1.165) is 11.3 Å². The second-order valence-electron chi connectivity index (χ2n) is 4.56. The van der Waals surface area contributed by atoms with Gasteiger partial charge in [-0.1, -0.05) is 0 Å². The van der Waals surface area contributed by atoms with Crippen molar-refractivity contribution in [3.63, 3.8) is 0 Å². The summed E-state index contributed by atoms with van der Waals surface area (Å²) in [6.07, 6.45) is 0. The lowest BCUT2D eigenvalue weighted by atomic mass is 9.98. The molecule has 1 aliphatic rings. The fraction of sp³-hybridized carbons (Fsp3) is 0.538. The SMILES string of the molecule is COc1c(C)c(OC)c2c(c1O)C(CO)CN2C. The average molecular weight is 253 g/mol. The first-order valence-electron chi connectivity index (χ1n) is 5.86. The van der Waals surface area contributed by atoms with Gasteiger partial charge in [0.15, 0.2) is 11.5 Å². The zero-order valence-corrected chi connectivity index (χ0v) is 11.1. The number of fused-ring (bicyclic) bond motifs is 1. The lowest BCUT2D eigenvalue weighted by Gasteiger charge is -2.20. The minimum atomic E-state index is -0.117. The number of phenols is 1. The molecule has 0 bridgehead atoms. The van der Waals surface area contributed by atoms with Gasteiger partial charge >= 0.3 is 0 Å². The summed E-state index contributed by atoms with van der Waals surface area (Å²) in [4.78, 5) is 1.99. The molecule has 0 radical (unpaired) electrons. The quantitative estimate of drug-likeness (QED) is 0.848. The first kappa shape index (κ1) is 12.8. The van der Waals surface area contributed by atoms with Crippen molar-refractivity contribution in [3.8, 4) is 17.2 Å². The maximum atomic E-state index is 10.3. The summed E-state index contributed by atoms with van der Waals surface area (Å²) in [5.74, 6) is 1.10. The van der Waals surface area contributed by atoms with Crippen LogP contribution in [-0.2, 0) is 0 Å². The number of hydrogen-bond acceptors (Lipinski definition) is 5. The van der Waals surface area contributed by atoms with Crippen molar-refractivity contribution in [3.05, 3.63) is 11.1 Å². The van der Waals surface area contributed by atoms with Crippen LogP contribution in [0.3, 0.4) is 0 Å². The number of aliphatic hydroxyl groups is 1. The highest BCUT2D eigenvalue weighted by Crippen LogP contribution is 2.53. The smallest absolute Gasteiger partial charge is 0.167 e. The Morgan fingerprint density at radius 2 is 1.89 bits per heavy atom. The number of likely N-dealkylation sites (N-methyl/N-ethyl adjacent to an activating group) is 1. The largest absolute Gasteiger partial charge is 0.504 e. The van der Waals surface area contributed by atoms with Crippen molar-refractivity contribution in [2.24, 2.45) is 0 Å². The van der Waals surface area contributed by atoms with Gasteiger partial charge in [0.1, 0.15) is 5.75 Å². The summed E-state index contributed by atoms with van der Waals surface area (Å²) in [5, 5.41) is 19.7. The number of benzene rings is 1. The minimum Gasteiger partial charge on any atom is -0.504 e. The van der Waals surface area contributed by atoms with Crippen LogP contribution in [0, 0.1) is 6.92 Å². The lowest BCUT2D eigenvalue weighted by Crippen LogP contribution is -2.17. The molecule has 1 aromatic rings. The molecule has 0 amide bonds. The van der Waals surface area contributed by atoms with E-state index >= 15 is 0 Å². The Bertz CT molecular complexity index is 473. The van der Waals surface area contributed by atoms with E-state index in [4.69, 9.17) is 9.47 Å². The monoisotopic (exact) mass is 253 g/mol. The molecule has 1 aliphatic heterocycles. The molecule has 2 N–H and O–H groups in total. The van der Waals surface area contributed by atoms with E-state index in [1.165, 1.54) is 7.11 Å². The summed E-state index contributed by atoms with van der Waals surface area (Å²) in [6, 6.07) is 0. The third-order valence-electron chi connectivity index (χ3n) is 3.53. The van der Waals surface area contributed by atoms with Crippen LogP contribution in [0.1, 0.15) is 17.0 Å². The fourth-order valence-corrected chi connectivity index (χ4v) is 2.74. The maximum Gasteiger partial charge on any atom is 0.167 e. The number of nitrogens with zero attached hydrogens (tertiary/aromatic N) is 1. The van der Waals surface area contributed by atoms with Gasteiger partial charge in [-0.25, -0.2) is 0 Å². The molecule has 0 aliphatic carbocycles. The first-order valence-corrected chi connectivity index (χ1v) is 5.86. The van der Waals surface area contributed by atoms with Crippen LogP contribution in [0.5, 0.6) is 17.2 Å². The standard InChI is InChI=1S/C13H19NO4/c1-7-12(17-3)10-9(11(16)13(7)18-4)8(6-15)5-14(10)2/h8,15-16H,5-6H2,1-4H3. The van der Waals surface area contributed by atoms with Gasteiger partial charge in [-0.2, -0.15) is 0 Å². The van der Waals surface area contributed by atoms with Gasteiger partial charge in [-0.15, -0.1) is 0 Å². The first-order chi connectivity index (χ1) is 8.56. The normalized spacial score (nSPS) is 17.8. The average Bonchev–Trinajstić information content (AvgIpc) is 2.68. The van der Waals surface area contributed by atoms with Crippen molar-refractivity contribution >= 4 is 5.69 Å². The molecule has 0 saturated heterocycles. The maximum absolute atomic E-state index is 10.3. The molecule has 1 heterocycles. The third kappa shape index (κ3) is 1.58. The second-order valence-corrected chi connectivity index (χ2v) is 4.56. The Morgan fingerprint density at radius 3 is 2.39 bits per heavy atom. The van der Waals surface area contributed by atoms with Crippen LogP contribution in [0.25, 0.3) is 0 Å². The summed E-state index contributed by atoms with van der Waals surface area (Å²) < 4.78 is 10.7. The Balaban J connectivity index is 2.76. The van der Waals surface area contributed by atoms with Gasteiger partial charge in [0.05, 0.1) is 26.5 Å². The molecular weight excluding hydrogens is 234 g/mol. The molecule has 5 nitrogen and oxygen atoms in total. The van der Waals surface area contributed by atoms with Gasteiger partial charge in [-0.3, -0.25) is 0 Å². The summed E-state index contributed by atoms with van der Waals surface area (Å²) in [5.41, 5.74) is 2.31. The molecule has 1 aromatic carbocycles. The zero-order chi connectivity index (χ0) is 13.4. The van der Waals surface area contributed by atoms with E-state index in [0.29, 0.717) is 23.6 Å². The highest BCUT2D eigenvalue weighted by atomic mass is 16.5. The third-order valence-corrected chi connectivity index (χ3v) is 3.53. The number of rotatable bonds is 3. The minimum absolute atomic E-state index is 0.0136. The molecule has 0 saturated carbocycles. The molecule has 2 rings (SSSR count). The van der Waals surface area contributed by atoms with E-state index in [-0.39, 0.29) is 18.3 Å². The van der Waals surface area contributed by atoms with E-state index in [1.54, 1.807) is 7.11 Å². The van der Waals surface area contributed by atoms with Crippen LogP contribution in [0.15, 0.2) is 0 Å². The van der Waals surface area contributed by atoms with Crippen LogP contribution in [-0.4, -0.2) is 44.6 Å². The topological polar surface area (TPSA) is 62.2 Å². The fourth-order valence-electron chi connectivity index (χ4n) is 2.74. The molecule has 18 heavy (non-hydrogen) atoms. The van der Waals surface area contributed by atoms with Crippen molar-refractivity contribution in [1.82, 2.24) is 0 Å². The van der Waals surface area contributed by atoms with E-state index in [2.05, 4.69) is 0 Å². The van der Waals surface area contributed by atoms with E-state index in [1.807, 2.05) is 18.9 Å². The molecule has 0 aromatic heterocycles. The number of aliphatic hydroxyl groups excluding tert-OH is 1. The molecule has 1 atom stereocenters. The van der Waals surface area contributed by atoms with E-state index in [9.17, 15) is 10.2 Å². The number of ether oxygens (including phenoxy) is 2. The Morgan fingerprint density at radius 1 is 1.28 bits per heavy atom.